The number of rotatable bonds is 5. The molecule has 0 spiro atoms. The maximum atomic E-state index is 12.2. The molecule has 1 amide bonds. The highest BCUT2D eigenvalue weighted by Gasteiger charge is 2.24. The van der Waals surface area contributed by atoms with E-state index in [1.165, 1.54) is 19.2 Å². The molecule has 1 atom stereocenters. The van der Waals surface area contributed by atoms with E-state index in [4.69, 9.17) is 4.74 Å². The monoisotopic (exact) mass is 308 g/mol. The minimum absolute atomic E-state index is 0.232. The number of hydrogen-bond donors (Lipinski definition) is 1. The van der Waals surface area contributed by atoms with Crippen molar-refractivity contribution in [2.45, 2.75) is 19.9 Å². The summed E-state index contributed by atoms with van der Waals surface area (Å²) >= 11 is 0. The number of nitrogens with zero attached hydrogens (tertiary/aromatic N) is 3. The van der Waals surface area contributed by atoms with Crippen molar-refractivity contribution in [3.05, 3.63) is 28.2 Å². The van der Waals surface area contributed by atoms with Crippen LogP contribution < -0.4 is 10.9 Å². The molecule has 1 fully saturated rings. The summed E-state index contributed by atoms with van der Waals surface area (Å²) in [6.45, 7) is 8.10. The van der Waals surface area contributed by atoms with Crippen LogP contribution >= 0.6 is 0 Å². The summed E-state index contributed by atoms with van der Waals surface area (Å²) in [6, 6.07) is 3.07. The molecule has 0 radical (unpaired) electrons. The number of amides is 1. The Hall–Kier alpha value is -1.73. The van der Waals surface area contributed by atoms with E-state index < -0.39 is 0 Å². The Bertz CT molecular complexity index is 564. The van der Waals surface area contributed by atoms with Crippen LogP contribution in [0.3, 0.4) is 0 Å². The van der Waals surface area contributed by atoms with Gasteiger partial charge in [0.15, 0.2) is 0 Å². The molecule has 1 aromatic rings. The smallest absolute Gasteiger partial charge is 0.271 e. The number of carbonyl (C=O) groups excluding carboxylic acids is 1. The largest absolute Gasteiger partial charge is 0.379 e. The number of ether oxygens (including phenoxy) is 1. The van der Waals surface area contributed by atoms with Crippen LogP contribution in [-0.2, 0) is 11.8 Å². The van der Waals surface area contributed by atoms with Crippen LogP contribution in [0.5, 0.6) is 0 Å². The van der Waals surface area contributed by atoms with Gasteiger partial charge in [0, 0.05) is 38.8 Å². The van der Waals surface area contributed by atoms with Crippen LogP contribution in [0, 0.1) is 5.92 Å². The summed E-state index contributed by atoms with van der Waals surface area (Å²) in [7, 11) is 1.53. The lowest BCUT2D eigenvalue weighted by Crippen LogP contribution is -2.51. The third kappa shape index (κ3) is 4.14. The summed E-state index contributed by atoms with van der Waals surface area (Å²) in [6.07, 6.45) is 0. The van der Waals surface area contributed by atoms with Crippen LogP contribution in [0.4, 0.5) is 0 Å². The quantitative estimate of drug-likeness (QED) is 0.820. The summed E-state index contributed by atoms with van der Waals surface area (Å²) in [5.74, 6) is 0.168. The highest BCUT2D eigenvalue weighted by Crippen LogP contribution is 2.12. The standard InChI is InChI=1S/C15H24N4O3/c1-11(2)13(19-6-8-22-9-7-19)10-16-15(21)12-4-5-14(20)18(3)17-12/h4-5,11,13H,6-10H2,1-3H3,(H,16,21). The molecule has 1 aromatic heterocycles. The van der Waals surface area contributed by atoms with Crippen LogP contribution in [0.1, 0.15) is 24.3 Å². The number of carbonyl (C=O) groups is 1. The van der Waals surface area contributed by atoms with Gasteiger partial charge in [0.25, 0.3) is 11.5 Å². The van der Waals surface area contributed by atoms with Crippen LogP contribution in [-0.4, -0.2) is 59.5 Å². The normalized spacial score (nSPS) is 17.5. The molecule has 1 aliphatic rings. The molecule has 7 nitrogen and oxygen atoms in total. The third-order valence-electron chi connectivity index (χ3n) is 3.95. The van der Waals surface area contributed by atoms with E-state index in [2.05, 4.69) is 29.2 Å². The lowest BCUT2D eigenvalue weighted by Gasteiger charge is -2.36. The van der Waals surface area contributed by atoms with Crippen molar-refractivity contribution in [1.82, 2.24) is 20.0 Å². The van der Waals surface area contributed by atoms with Gasteiger partial charge >= 0.3 is 0 Å². The molecular formula is C15H24N4O3. The number of aromatic nitrogens is 2. The van der Waals surface area contributed by atoms with Crippen molar-refractivity contribution in [2.24, 2.45) is 13.0 Å². The second-order valence-electron chi connectivity index (χ2n) is 5.85. The van der Waals surface area contributed by atoms with Crippen molar-refractivity contribution in [3.63, 3.8) is 0 Å². The van der Waals surface area contributed by atoms with Gasteiger partial charge in [0.2, 0.25) is 0 Å². The van der Waals surface area contributed by atoms with Crippen molar-refractivity contribution in [3.8, 4) is 0 Å². The van der Waals surface area contributed by atoms with Gasteiger partial charge in [-0.25, -0.2) is 4.68 Å². The number of hydrogen-bond acceptors (Lipinski definition) is 5. The van der Waals surface area contributed by atoms with Gasteiger partial charge in [0.1, 0.15) is 5.69 Å². The number of aryl methyl sites for hydroxylation is 1. The van der Waals surface area contributed by atoms with Gasteiger partial charge in [-0.05, 0) is 12.0 Å². The fraction of sp³-hybridized carbons (Fsp3) is 0.667. The highest BCUT2D eigenvalue weighted by atomic mass is 16.5. The van der Waals surface area contributed by atoms with Gasteiger partial charge in [0.05, 0.1) is 13.2 Å². The molecule has 1 aliphatic heterocycles. The summed E-state index contributed by atoms with van der Waals surface area (Å²) < 4.78 is 6.54. The Balaban J connectivity index is 1.97. The third-order valence-corrected chi connectivity index (χ3v) is 3.95. The first kappa shape index (κ1) is 16.6. The number of nitrogens with one attached hydrogen (secondary N) is 1. The Labute approximate surface area is 130 Å². The van der Waals surface area contributed by atoms with Crippen molar-refractivity contribution in [1.29, 1.82) is 0 Å². The van der Waals surface area contributed by atoms with Gasteiger partial charge in [-0.1, -0.05) is 13.8 Å². The highest BCUT2D eigenvalue weighted by molar-refractivity contribution is 5.92. The second kappa shape index (κ2) is 7.51. The topological polar surface area (TPSA) is 76.5 Å². The summed E-state index contributed by atoms with van der Waals surface area (Å²) in [5.41, 5.74) is 0.0245. The van der Waals surface area contributed by atoms with E-state index in [0.29, 0.717) is 12.5 Å². The Morgan fingerprint density at radius 2 is 2.05 bits per heavy atom. The SMILES string of the molecule is CC(C)C(CNC(=O)c1ccc(=O)n(C)n1)N1CCOCC1. The zero-order chi connectivity index (χ0) is 16.1. The van der Waals surface area contributed by atoms with Gasteiger partial charge in [-0.15, -0.1) is 0 Å². The van der Waals surface area contributed by atoms with Crippen molar-refractivity contribution in [2.75, 3.05) is 32.8 Å². The molecule has 0 bridgehead atoms. The van der Waals surface area contributed by atoms with Crippen molar-refractivity contribution < 1.29 is 9.53 Å². The van der Waals surface area contributed by atoms with E-state index in [1.54, 1.807) is 0 Å². The van der Waals surface area contributed by atoms with E-state index >= 15 is 0 Å². The minimum atomic E-state index is -0.255. The molecule has 2 heterocycles. The molecule has 7 heteroatoms. The molecule has 2 rings (SSSR count). The molecule has 0 saturated carbocycles. The van der Waals surface area contributed by atoms with E-state index in [0.717, 1.165) is 31.0 Å². The first-order valence-electron chi connectivity index (χ1n) is 7.63. The maximum Gasteiger partial charge on any atom is 0.271 e. The first-order valence-corrected chi connectivity index (χ1v) is 7.63. The average Bonchev–Trinajstić information content (AvgIpc) is 2.50. The summed E-state index contributed by atoms with van der Waals surface area (Å²) in [5, 5.41) is 6.89. The van der Waals surface area contributed by atoms with Crippen LogP contribution in [0.15, 0.2) is 16.9 Å². The van der Waals surface area contributed by atoms with E-state index in [1.807, 2.05) is 0 Å². The molecule has 22 heavy (non-hydrogen) atoms. The Morgan fingerprint density at radius 3 is 2.64 bits per heavy atom. The molecule has 122 valence electrons. The fourth-order valence-electron chi connectivity index (χ4n) is 2.61. The molecule has 1 N–H and O–H groups in total. The Morgan fingerprint density at radius 1 is 1.36 bits per heavy atom. The molecule has 0 aliphatic carbocycles. The molecule has 1 saturated heterocycles. The first-order chi connectivity index (χ1) is 10.5. The van der Waals surface area contributed by atoms with Crippen LogP contribution in [0.25, 0.3) is 0 Å². The predicted octanol–water partition coefficient (Wildman–Crippen LogP) is -0.133. The Kier molecular flexibility index (Phi) is 5.68. The van der Waals surface area contributed by atoms with Crippen LogP contribution in [0.2, 0.25) is 0 Å². The lowest BCUT2D eigenvalue weighted by atomic mass is 10.0. The summed E-state index contributed by atoms with van der Waals surface area (Å²) in [4.78, 5) is 25.8. The minimum Gasteiger partial charge on any atom is -0.379 e. The zero-order valence-electron chi connectivity index (χ0n) is 13.4. The van der Waals surface area contributed by atoms with Gasteiger partial charge < -0.3 is 10.1 Å². The fourth-order valence-corrected chi connectivity index (χ4v) is 2.61. The van der Waals surface area contributed by atoms with Gasteiger partial charge in [-0.3, -0.25) is 14.5 Å². The predicted molar refractivity (Wildman–Crippen MR) is 82.8 cm³/mol. The molecule has 0 aromatic carbocycles. The maximum absolute atomic E-state index is 12.2. The number of morpholine rings is 1. The van der Waals surface area contributed by atoms with Crippen molar-refractivity contribution >= 4 is 5.91 Å². The molecular weight excluding hydrogens is 284 g/mol. The lowest BCUT2D eigenvalue weighted by molar-refractivity contribution is 0.00671. The molecule has 1 unspecified atom stereocenters. The van der Waals surface area contributed by atoms with Gasteiger partial charge in [-0.2, -0.15) is 5.10 Å². The average molecular weight is 308 g/mol. The zero-order valence-corrected chi connectivity index (χ0v) is 13.4. The van der Waals surface area contributed by atoms with E-state index in [-0.39, 0.29) is 23.2 Å². The second-order valence-corrected chi connectivity index (χ2v) is 5.85. The van der Waals surface area contributed by atoms with E-state index in [9.17, 15) is 9.59 Å².